The van der Waals surface area contributed by atoms with Crippen LogP contribution < -0.4 is 5.32 Å². The van der Waals surface area contributed by atoms with Gasteiger partial charge in [-0.05, 0) is 29.8 Å². The van der Waals surface area contributed by atoms with Crippen molar-refractivity contribution in [3.05, 3.63) is 59.7 Å². The summed E-state index contributed by atoms with van der Waals surface area (Å²) in [6, 6.07) is 11.1. The van der Waals surface area contributed by atoms with Crippen LogP contribution in [0.25, 0.3) is 0 Å². The zero-order valence-electron chi connectivity index (χ0n) is 8.86. The van der Waals surface area contributed by atoms with Gasteiger partial charge in [0.2, 0.25) is 0 Å². The van der Waals surface area contributed by atoms with Crippen molar-refractivity contribution < 1.29 is 4.39 Å². The number of benzene rings is 1. The minimum absolute atomic E-state index is 0.185. The maximum atomic E-state index is 12.9. The third kappa shape index (κ3) is 1.53. The number of aromatic nitrogens is 1. The Balaban J connectivity index is 2.00. The smallest absolute Gasteiger partial charge is 0.123 e. The lowest BCUT2D eigenvalue weighted by molar-refractivity contribution is 0.467. The maximum Gasteiger partial charge on any atom is 0.123 e. The molecule has 2 aromatic rings. The average molecular weight is 216 g/mol. The van der Waals surface area contributed by atoms with E-state index >= 15 is 0 Å². The van der Waals surface area contributed by atoms with Crippen LogP contribution in [-0.2, 0) is 6.54 Å². The second kappa shape index (κ2) is 3.76. The molecule has 1 aliphatic heterocycles. The normalized spacial score (nSPS) is 19.4. The zero-order chi connectivity index (χ0) is 11.0. The Hall–Kier alpha value is -1.61. The molecule has 82 valence electrons. The minimum Gasteiger partial charge on any atom is -0.348 e. The molecule has 0 aliphatic carbocycles. The number of hydrogen-bond donors (Lipinski definition) is 1. The molecule has 0 saturated heterocycles. The Labute approximate surface area is 93.7 Å². The van der Waals surface area contributed by atoms with E-state index in [4.69, 9.17) is 0 Å². The lowest BCUT2D eigenvalue weighted by atomic mass is 10.0. The lowest BCUT2D eigenvalue weighted by Gasteiger charge is -2.26. The van der Waals surface area contributed by atoms with Crippen LogP contribution in [0, 0.1) is 5.82 Å². The zero-order valence-corrected chi connectivity index (χ0v) is 8.86. The van der Waals surface area contributed by atoms with Crippen LogP contribution in [0.5, 0.6) is 0 Å². The molecule has 1 unspecified atom stereocenters. The van der Waals surface area contributed by atoms with Crippen LogP contribution in [0.4, 0.5) is 4.39 Å². The molecule has 1 aliphatic rings. The van der Waals surface area contributed by atoms with E-state index in [9.17, 15) is 4.39 Å². The highest BCUT2D eigenvalue weighted by Gasteiger charge is 2.20. The molecule has 16 heavy (non-hydrogen) atoms. The molecule has 0 saturated carbocycles. The van der Waals surface area contributed by atoms with Crippen molar-refractivity contribution in [3.8, 4) is 0 Å². The Morgan fingerprint density at radius 1 is 1.19 bits per heavy atom. The van der Waals surface area contributed by atoms with Crippen LogP contribution in [0.2, 0.25) is 0 Å². The van der Waals surface area contributed by atoms with Crippen molar-refractivity contribution in [3.63, 3.8) is 0 Å². The predicted molar refractivity (Wildman–Crippen MR) is 60.7 cm³/mol. The van der Waals surface area contributed by atoms with Crippen LogP contribution >= 0.6 is 0 Å². The molecule has 0 bridgehead atoms. The first-order valence-electron chi connectivity index (χ1n) is 5.48. The van der Waals surface area contributed by atoms with Gasteiger partial charge in [0, 0.05) is 25.0 Å². The standard InChI is InChI=1S/C13H13FN2/c14-11-5-3-10(4-6-11)13-12-2-1-8-16(12)9-7-15-13/h1-6,8,13,15H,7,9H2. The van der Waals surface area contributed by atoms with Gasteiger partial charge in [0.25, 0.3) is 0 Å². The molecule has 2 heterocycles. The van der Waals surface area contributed by atoms with E-state index in [-0.39, 0.29) is 11.9 Å². The molecule has 3 rings (SSSR count). The number of halogens is 1. The first-order chi connectivity index (χ1) is 7.84. The summed E-state index contributed by atoms with van der Waals surface area (Å²) in [5.74, 6) is -0.185. The summed E-state index contributed by atoms with van der Waals surface area (Å²) in [5, 5.41) is 3.45. The van der Waals surface area contributed by atoms with Crippen molar-refractivity contribution in [2.45, 2.75) is 12.6 Å². The Morgan fingerprint density at radius 2 is 2.00 bits per heavy atom. The van der Waals surface area contributed by atoms with Crippen molar-refractivity contribution in [1.82, 2.24) is 9.88 Å². The molecule has 0 fully saturated rings. The van der Waals surface area contributed by atoms with Gasteiger partial charge < -0.3 is 9.88 Å². The average Bonchev–Trinajstić information content (AvgIpc) is 2.78. The first-order valence-corrected chi connectivity index (χ1v) is 5.48. The molecule has 1 aromatic carbocycles. The highest BCUT2D eigenvalue weighted by atomic mass is 19.1. The van der Waals surface area contributed by atoms with E-state index in [0.29, 0.717) is 0 Å². The van der Waals surface area contributed by atoms with E-state index in [0.717, 1.165) is 18.7 Å². The molecular weight excluding hydrogens is 203 g/mol. The number of rotatable bonds is 1. The largest absolute Gasteiger partial charge is 0.348 e. The molecule has 1 N–H and O–H groups in total. The van der Waals surface area contributed by atoms with Crippen LogP contribution in [0.1, 0.15) is 17.3 Å². The lowest BCUT2D eigenvalue weighted by Crippen LogP contribution is -2.33. The third-order valence-corrected chi connectivity index (χ3v) is 3.06. The van der Waals surface area contributed by atoms with Crippen molar-refractivity contribution in [2.24, 2.45) is 0 Å². The molecule has 0 amide bonds. The molecule has 1 atom stereocenters. The molecular formula is C13H13FN2. The van der Waals surface area contributed by atoms with Gasteiger partial charge in [-0.3, -0.25) is 0 Å². The van der Waals surface area contributed by atoms with E-state index in [2.05, 4.69) is 28.2 Å². The molecule has 0 radical (unpaired) electrons. The summed E-state index contributed by atoms with van der Waals surface area (Å²) in [5.41, 5.74) is 2.36. The first kappa shape index (κ1) is 9.60. The van der Waals surface area contributed by atoms with E-state index < -0.39 is 0 Å². The van der Waals surface area contributed by atoms with Crippen LogP contribution in [0.3, 0.4) is 0 Å². The van der Waals surface area contributed by atoms with Gasteiger partial charge in [0.05, 0.1) is 6.04 Å². The summed E-state index contributed by atoms with van der Waals surface area (Å²) in [6.07, 6.45) is 2.09. The SMILES string of the molecule is Fc1ccc(C2NCCn3cccc32)cc1. The maximum absolute atomic E-state index is 12.9. The summed E-state index contributed by atoms with van der Waals surface area (Å²) >= 11 is 0. The molecule has 3 heteroatoms. The van der Waals surface area contributed by atoms with Crippen molar-refractivity contribution in [2.75, 3.05) is 6.54 Å². The highest BCUT2D eigenvalue weighted by Crippen LogP contribution is 2.25. The van der Waals surface area contributed by atoms with Gasteiger partial charge in [0.1, 0.15) is 5.82 Å². The number of nitrogens with zero attached hydrogens (tertiary/aromatic N) is 1. The van der Waals surface area contributed by atoms with Gasteiger partial charge in [-0.2, -0.15) is 0 Å². The summed E-state index contributed by atoms with van der Waals surface area (Å²) in [7, 11) is 0. The number of nitrogens with one attached hydrogen (secondary N) is 1. The van der Waals surface area contributed by atoms with Crippen LogP contribution in [0.15, 0.2) is 42.6 Å². The molecule has 0 spiro atoms. The number of hydrogen-bond acceptors (Lipinski definition) is 1. The highest BCUT2D eigenvalue weighted by molar-refractivity contribution is 5.30. The van der Waals surface area contributed by atoms with Gasteiger partial charge in [0.15, 0.2) is 0 Å². The van der Waals surface area contributed by atoms with E-state index in [1.165, 1.54) is 17.8 Å². The topological polar surface area (TPSA) is 17.0 Å². The molecule has 1 aromatic heterocycles. The van der Waals surface area contributed by atoms with Gasteiger partial charge in [-0.1, -0.05) is 12.1 Å². The van der Waals surface area contributed by atoms with Crippen LogP contribution in [-0.4, -0.2) is 11.1 Å². The Bertz CT molecular complexity index is 487. The van der Waals surface area contributed by atoms with Gasteiger partial charge in [-0.15, -0.1) is 0 Å². The third-order valence-electron chi connectivity index (χ3n) is 3.06. The molecule has 2 nitrogen and oxygen atoms in total. The summed E-state index contributed by atoms with van der Waals surface area (Å²) < 4.78 is 15.1. The van der Waals surface area contributed by atoms with Gasteiger partial charge >= 0.3 is 0 Å². The predicted octanol–water partition coefficient (Wildman–Crippen LogP) is 2.32. The van der Waals surface area contributed by atoms with Gasteiger partial charge in [-0.25, -0.2) is 4.39 Å². The van der Waals surface area contributed by atoms with E-state index in [1.807, 2.05) is 12.1 Å². The van der Waals surface area contributed by atoms with Crippen molar-refractivity contribution >= 4 is 0 Å². The summed E-state index contributed by atoms with van der Waals surface area (Å²) in [4.78, 5) is 0. The second-order valence-electron chi connectivity index (χ2n) is 4.07. The van der Waals surface area contributed by atoms with E-state index in [1.54, 1.807) is 0 Å². The summed E-state index contributed by atoms with van der Waals surface area (Å²) in [6.45, 7) is 1.95. The second-order valence-corrected chi connectivity index (χ2v) is 4.07. The monoisotopic (exact) mass is 216 g/mol. The Morgan fingerprint density at radius 3 is 2.81 bits per heavy atom. The fourth-order valence-corrected chi connectivity index (χ4v) is 2.27. The van der Waals surface area contributed by atoms with Crippen molar-refractivity contribution in [1.29, 1.82) is 0 Å². The Kier molecular flexibility index (Phi) is 2.26. The minimum atomic E-state index is -0.185. The fraction of sp³-hybridized carbons (Fsp3) is 0.231. The quantitative estimate of drug-likeness (QED) is 0.774. The fourth-order valence-electron chi connectivity index (χ4n) is 2.27. The number of fused-ring (bicyclic) bond motifs is 1.